The maximum absolute atomic E-state index is 12.0. The molecule has 0 saturated heterocycles. The van der Waals surface area contributed by atoms with E-state index in [-0.39, 0.29) is 0 Å². The zero-order valence-electron chi connectivity index (χ0n) is 14.5. The van der Waals surface area contributed by atoms with Crippen molar-refractivity contribution in [2.75, 3.05) is 6.61 Å². The van der Waals surface area contributed by atoms with Gasteiger partial charge in [-0.1, -0.05) is 0 Å². The molecular weight excluding hydrogens is 334 g/mol. The lowest BCUT2D eigenvalue weighted by atomic mass is 10.1. The third-order valence-corrected chi connectivity index (χ3v) is 3.39. The highest BCUT2D eigenvalue weighted by atomic mass is 16.5. The van der Waals surface area contributed by atoms with E-state index in [0.717, 1.165) is 0 Å². The van der Waals surface area contributed by atoms with Crippen LogP contribution >= 0.6 is 0 Å². The smallest absolute Gasteiger partial charge is 0.279 e. The first kappa shape index (κ1) is 18.8. The third kappa shape index (κ3) is 5.24. The molecule has 0 heterocycles. The Morgan fingerprint density at radius 1 is 1.04 bits per heavy atom. The van der Waals surface area contributed by atoms with E-state index in [2.05, 4.69) is 10.9 Å². The molecule has 0 fully saturated rings. The van der Waals surface area contributed by atoms with Crippen LogP contribution in [-0.2, 0) is 4.79 Å². The normalized spacial score (nSPS) is 11.0. The quantitative estimate of drug-likeness (QED) is 0.775. The molecule has 7 nitrogen and oxygen atoms in total. The Morgan fingerprint density at radius 2 is 1.65 bits per heavy atom. The van der Waals surface area contributed by atoms with E-state index >= 15 is 0 Å². The lowest BCUT2D eigenvalue weighted by Crippen LogP contribution is -2.47. The molecule has 1 unspecified atom stereocenters. The Hall–Kier alpha value is -3.53. The van der Waals surface area contributed by atoms with Crippen LogP contribution in [-0.4, -0.2) is 24.5 Å². The number of nitrogens with zero attached hydrogens (tertiary/aromatic N) is 1. The lowest BCUT2D eigenvalue weighted by molar-refractivity contribution is -0.128. The second-order valence-electron chi connectivity index (χ2n) is 5.30. The fraction of sp³-hybridized carbons (Fsp3) is 0.211. The molecule has 2 rings (SSSR count). The summed E-state index contributed by atoms with van der Waals surface area (Å²) in [5.41, 5.74) is 5.39. The van der Waals surface area contributed by atoms with Gasteiger partial charge < -0.3 is 9.47 Å². The van der Waals surface area contributed by atoms with Gasteiger partial charge in [-0.15, -0.1) is 0 Å². The van der Waals surface area contributed by atoms with Gasteiger partial charge in [0.25, 0.3) is 11.8 Å². The molecule has 0 aliphatic carbocycles. The summed E-state index contributed by atoms with van der Waals surface area (Å²) in [6, 6.07) is 14.9. The maximum Gasteiger partial charge on any atom is 0.279 e. The van der Waals surface area contributed by atoms with Gasteiger partial charge in [-0.05, 0) is 62.4 Å². The molecule has 0 bridgehead atoms. The highest BCUT2D eigenvalue weighted by molar-refractivity contribution is 5.95. The number of rotatable bonds is 6. The van der Waals surface area contributed by atoms with Crippen molar-refractivity contribution < 1.29 is 19.1 Å². The Bertz CT molecular complexity index is 795. The van der Waals surface area contributed by atoms with Gasteiger partial charge in [0.05, 0.1) is 18.2 Å². The van der Waals surface area contributed by atoms with Gasteiger partial charge in [-0.25, -0.2) is 0 Å². The zero-order chi connectivity index (χ0) is 18.9. The van der Waals surface area contributed by atoms with Gasteiger partial charge in [-0.3, -0.25) is 20.4 Å². The van der Waals surface area contributed by atoms with Gasteiger partial charge in [0.15, 0.2) is 6.10 Å². The molecule has 2 aromatic carbocycles. The van der Waals surface area contributed by atoms with Gasteiger partial charge in [0.2, 0.25) is 0 Å². The Balaban J connectivity index is 1.84. The van der Waals surface area contributed by atoms with Crippen LogP contribution < -0.4 is 20.3 Å². The second kappa shape index (κ2) is 9.08. The van der Waals surface area contributed by atoms with E-state index in [1.165, 1.54) is 24.3 Å². The first-order valence-corrected chi connectivity index (χ1v) is 8.03. The van der Waals surface area contributed by atoms with E-state index < -0.39 is 17.9 Å². The molecule has 7 heteroatoms. The molecular formula is C19H19N3O4. The van der Waals surface area contributed by atoms with E-state index in [9.17, 15) is 9.59 Å². The van der Waals surface area contributed by atoms with Gasteiger partial charge >= 0.3 is 0 Å². The SMILES string of the molecule is CCOc1ccc(OC(C)C(=O)NNC(=O)c2ccc(C#N)cc2)cc1. The molecule has 134 valence electrons. The van der Waals surface area contributed by atoms with Crippen LogP contribution in [0.5, 0.6) is 11.5 Å². The number of hydrogen-bond acceptors (Lipinski definition) is 5. The highest BCUT2D eigenvalue weighted by Crippen LogP contribution is 2.18. The molecule has 2 N–H and O–H groups in total. The number of amides is 2. The van der Waals surface area contributed by atoms with E-state index in [4.69, 9.17) is 14.7 Å². The topological polar surface area (TPSA) is 100 Å². The minimum absolute atomic E-state index is 0.324. The average molecular weight is 353 g/mol. The van der Waals surface area contributed by atoms with Crippen LogP contribution in [0.15, 0.2) is 48.5 Å². The molecule has 1 atom stereocenters. The van der Waals surface area contributed by atoms with Crippen molar-refractivity contribution in [3.05, 3.63) is 59.7 Å². The maximum atomic E-state index is 12.0. The summed E-state index contributed by atoms with van der Waals surface area (Å²) in [4.78, 5) is 24.0. The minimum Gasteiger partial charge on any atom is -0.494 e. The Labute approximate surface area is 151 Å². The van der Waals surface area contributed by atoms with E-state index in [1.807, 2.05) is 13.0 Å². The highest BCUT2D eigenvalue weighted by Gasteiger charge is 2.16. The largest absolute Gasteiger partial charge is 0.494 e. The third-order valence-electron chi connectivity index (χ3n) is 3.39. The van der Waals surface area contributed by atoms with Crippen molar-refractivity contribution in [1.29, 1.82) is 5.26 Å². The fourth-order valence-electron chi connectivity index (χ4n) is 2.03. The first-order valence-electron chi connectivity index (χ1n) is 8.03. The van der Waals surface area contributed by atoms with Crippen molar-refractivity contribution in [2.45, 2.75) is 20.0 Å². The summed E-state index contributed by atoms with van der Waals surface area (Å²) in [6.45, 7) is 4.03. The number of ether oxygens (including phenoxy) is 2. The molecule has 0 aromatic heterocycles. The molecule has 2 aromatic rings. The zero-order valence-corrected chi connectivity index (χ0v) is 14.5. The minimum atomic E-state index is -0.811. The van der Waals surface area contributed by atoms with Crippen LogP contribution in [0.2, 0.25) is 0 Å². The number of benzene rings is 2. The first-order chi connectivity index (χ1) is 12.5. The summed E-state index contributed by atoms with van der Waals surface area (Å²) in [5.74, 6) is 0.234. The molecule has 0 aliphatic rings. The van der Waals surface area contributed by atoms with Crippen molar-refractivity contribution in [3.63, 3.8) is 0 Å². The summed E-state index contributed by atoms with van der Waals surface area (Å²) < 4.78 is 10.9. The molecule has 0 spiro atoms. The van der Waals surface area contributed by atoms with E-state index in [0.29, 0.717) is 29.2 Å². The number of carbonyl (C=O) groups is 2. The van der Waals surface area contributed by atoms with Crippen LogP contribution in [0.1, 0.15) is 29.8 Å². The average Bonchev–Trinajstić information content (AvgIpc) is 2.67. The van der Waals surface area contributed by atoms with Crippen LogP contribution in [0.4, 0.5) is 0 Å². The van der Waals surface area contributed by atoms with Crippen LogP contribution in [0.3, 0.4) is 0 Å². The van der Waals surface area contributed by atoms with Crippen molar-refractivity contribution in [1.82, 2.24) is 10.9 Å². The molecule has 0 saturated carbocycles. The number of hydrogen-bond donors (Lipinski definition) is 2. The molecule has 26 heavy (non-hydrogen) atoms. The number of nitriles is 1. The summed E-state index contributed by atoms with van der Waals surface area (Å²) in [5, 5.41) is 8.74. The Morgan fingerprint density at radius 3 is 2.23 bits per heavy atom. The van der Waals surface area contributed by atoms with Crippen LogP contribution in [0, 0.1) is 11.3 Å². The predicted molar refractivity (Wildman–Crippen MR) is 94.5 cm³/mol. The monoisotopic (exact) mass is 353 g/mol. The fourth-order valence-corrected chi connectivity index (χ4v) is 2.03. The summed E-state index contributed by atoms with van der Waals surface area (Å²) in [7, 11) is 0. The standard InChI is InChI=1S/C19H19N3O4/c1-3-25-16-8-10-17(11-9-16)26-13(2)18(23)21-22-19(24)15-6-4-14(12-20)5-7-15/h4-11,13H,3H2,1-2H3,(H,21,23)(H,22,24). The predicted octanol–water partition coefficient (Wildman–Crippen LogP) is 2.19. The molecule has 0 aliphatic heterocycles. The number of carbonyl (C=O) groups excluding carboxylic acids is 2. The summed E-state index contributed by atoms with van der Waals surface area (Å²) in [6.07, 6.45) is -0.811. The lowest BCUT2D eigenvalue weighted by Gasteiger charge is -2.15. The van der Waals surface area contributed by atoms with Crippen molar-refractivity contribution in [3.8, 4) is 17.6 Å². The number of hydrazine groups is 1. The number of nitrogens with one attached hydrogen (secondary N) is 2. The molecule has 2 amide bonds. The summed E-state index contributed by atoms with van der Waals surface area (Å²) >= 11 is 0. The van der Waals surface area contributed by atoms with Gasteiger partial charge in [0.1, 0.15) is 11.5 Å². The second-order valence-corrected chi connectivity index (χ2v) is 5.30. The van der Waals surface area contributed by atoms with Gasteiger partial charge in [0, 0.05) is 5.56 Å². The van der Waals surface area contributed by atoms with Crippen LogP contribution in [0.25, 0.3) is 0 Å². The Kier molecular flexibility index (Phi) is 6.57. The van der Waals surface area contributed by atoms with Crippen molar-refractivity contribution >= 4 is 11.8 Å². The van der Waals surface area contributed by atoms with Gasteiger partial charge in [-0.2, -0.15) is 5.26 Å². The van der Waals surface area contributed by atoms with Crippen molar-refractivity contribution in [2.24, 2.45) is 0 Å². The molecule has 0 radical (unpaired) electrons. The van der Waals surface area contributed by atoms with E-state index in [1.54, 1.807) is 31.2 Å².